The number of rotatable bonds is 4. The molecule has 106 valence electrons. The van der Waals surface area contributed by atoms with Gasteiger partial charge in [-0.15, -0.1) is 12.4 Å². The van der Waals surface area contributed by atoms with Crippen molar-refractivity contribution < 1.29 is 4.79 Å². The van der Waals surface area contributed by atoms with Crippen LogP contribution in [0, 0.1) is 11.8 Å². The Bertz CT molecular complexity index is 275. The van der Waals surface area contributed by atoms with E-state index in [0.717, 1.165) is 44.4 Å². The molecular formula is C13H26ClN3O. The number of likely N-dealkylation sites (tertiary alicyclic amines) is 1. The molecule has 3 atom stereocenters. The molecule has 18 heavy (non-hydrogen) atoms. The summed E-state index contributed by atoms with van der Waals surface area (Å²) in [6.07, 6.45) is 2.25. The van der Waals surface area contributed by atoms with E-state index in [0.29, 0.717) is 0 Å². The average Bonchev–Trinajstić information content (AvgIpc) is 2.81. The van der Waals surface area contributed by atoms with Crippen LogP contribution in [0.1, 0.15) is 26.7 Å². The van der Waals surface area contributed by atoms with E-state index in [1.807, 2.05) is 6.92 Å². The first kappa shape index (κ1) is 15.7. The van der Waals surface area contributed by atoms with E-state index >= 15 is 0 Å². The van der Waals surface area contributed by atoms with Crippen LogP contribution in [0.25, 0.3) is 0 Å². The molecule has 2 aliphatic rings. The predicted molar refractivity (Wildman–Crippen MR) is 76.1 cm³/mol. The molecule has 2 fully saturated rings. The Morgan fingerprint density at radius 3 is 2.89 bits per heavy atom. The number of carbonyl (C=O) groups excluding carboxylic acids is 1. The Morgan fingerprint density at radius 1 is 1.44 bits per heavy atom. The largest absolute Gasteiger partial charge is 0.355 e. The summed E-state index contributed by atoms with van der Waals surface area (Å²) in [5, 5.41) is 6.45. The molecule has 3 unspecified atom stereocenters. The number of hydrogen-bond donors (Lipinski definition) is 2. The first-order chi connectivity index (χ1) is 8.22. The van der Waals surface area contributed by atoms with Gasteiger partial charge in [-0.1, -0.05) is 6.92 Å². The Morgan fingerprint density at radius 2 is 2.17 bits per heavy atom. The van der Waals surface area contributed by atoms with E-state index in [-0.39, 0.29) is 24.4 Å². The van der Waals surface area contributed by atoms with Crippen molar-refractivity contribution >= 4 is 18.3 Å². The number of nitrogens with one attached hydrogen (secondary N) is 2. The zero-order chi connectivity index (χ0) is 12.3. The maximum absolute atomic E-state index is 11.9. The number of fused-ring (bicyclic) bond motifs is 1. The predicted octanol–water partition coefficient (Wildman–Crippen LogP) is 0.864. The van der Waals surface area contributed by atoms with Gasteiger partial charge in [0, 0.05) is 13.1 Å². The maximum atomic E-state index is 11.9. The van der Waals surface area contributed by atoms with Gasteiger partial charge in [0.25, 0.3) is 0 Å². The standard InChI is InChI=1S/C13H25N3O.ClH/c1-3-5-15-13(17)10(2)16-6-4-11-7-14-8-12(11)9-16;/h10-12,14H,3-9H2,1-2H3,(H,15,17);1H. The molecule has 2 heterocycles. The van der Waals surface area contributed by atoms with Gasteiger partial charge in [-0.05, 0) is 51.2 Å². The summed E-state index contributed by atoms with van der Waals surface area (Å²) in [5.41, 5.74) is 0. The van der Waals surface area contributed by atoms with E-state index in [2.05, 4.69) is 22.5 Å². The number of piperidine rings is 1. The number of nitrogens with zero attached hydrogens (tertiary/aromatic N) is 1. The molecule has 2 saturated heterocycles. The molecule has 0 bridgehead atoms. The van der Waals surface area contributed by atoms with Crippen molar-refractivity contribution in [3.63, 3.8) is 0 Å². The van der Waals surface area contributed by atoms with Gasteiger partial charge in [-0.2, -0.15) is 0 Å². The Labute approximate surface area is 116 Å². The molecule has 0 radical (unpaired) electrons. The summed E-state index contributed by atoms with van der Waals surface area (Å²) >= 11 is 0. The van der Waals surface area contributed by atoms with Gasteiger partial charge in [-0.3, -0.25) is 9.69 Å². The lowest BCUT2D eigenvalue weighted by Crippen LogP contribution is -2.50. The number of hydrogen-bond acceptors (Lipinski definition) is 3. The summed E-state index contributed by atoms with van der Waals surface area (Å²) in [6.45, 7) is 9.38. The van der Waals surface area contributed by atoms with Crippen LogP contribution in [-0.2, 0) is 4.79 Å². The third-order valence-electron chi connectivity index (χ3n) is 4.21. The lowest BCUT2D eigenvalue weighted by atomic mass is 9.88. The Hall–Kier alpha value is -0.320. The van der Waals surface area contributed by atoms with Gasteiger partial charge in [0.1, 0.15) is 0 Å². The topological polar surface area (TPSA) is 44.4 Å². The van der Waals surface area contributed by atoms with Crippen molar-refractivity contribution in [3.05, 3.63) is 0 Å². The molecule has 0 aliphatic carbocycles. The average molecular weight is 276 g/mol. The second-order valence-electron chi connectivity index (χ2n) is 5.43. The second-order valence-corrected chi connectivity index (χ2v) is 5.43. The number of carbonyl (C=O) groups is 1. The molecule has 0 saturated carbocycles. The van der Waals surface area contributed by atoms with E-state index in [4.69, 9.17) is 0 Å². The lowest BCUT2D eigenvalue weighted by molar-refractivity contribution is -0.126. The number of halogens is 1. The first-order valence-corrected chi connectivity index (χ1v) is 6.94. The molecule has 5 heteroatoms. The number of amides is 1. The molecule has 2 rings (SSSR count). The Balaban J connectivity index is 0.00000162. The minimum atomic E-state index is 0. The van der Waals surface area contributed by atoms with Crippen molar-refractivity contribution in [2.45, 2.75) is 32.7 Å². The summed E-state index contributed by atoms with van der Waals surface area (Å²) in [6, 6.07) is 0.0306. The van der Waals surface area contributed by atoms with E-state index in [1.165, 1.54) is 13.0 Å². The monoisotopic (exact) mass is 275 g/mol. The molecule has 0 aromatic rings. The third-order valence-corrected chi connectivity index (χ3v) is 4.21. The fraction of sp³-hybridized carbons (Fsp3) is 0.923. The summed E-state index contributed by atoms with van der Waals surface area (Å²) in [5.74, 6) is 1.79. The van der Waals surface area contributed by atoms with Gasteiger partial charge < -0.3 is 10.6 Å². The second kappa shape index (κ2) is 7.31. The highest BCUT2D eigenvalue weighted by Gasteiger charge is 2.35. The van der Waals surface area contributed by atoms with Crippen LogP contribution in [0.2, 0.25) is 0 Å². The molecule has 2 aliphatic heterocycles. The van der Waals surface area contributed by atoms with Crippen molar-refractivity contribution in [1.29, 1.82) is 0 Å². The minimum Gasteiger partial charge on any atom is -0.355 e. The van der Waals surface area contributed by atoms with Crippen LogP contribution in [0.15, 0.2) is 0 Å². The molecular weight excluding hydrogens is 250 g/mol. The van der Waals surface area contributed by atoms with Crippen LogP contribution in [0.3, 0.4) is 0 Å². The van der Waals surface area contributed by atoms with Crippen molar-refractivity contribution in [2.24, 2.45) is 11.8 Å². The van der Waals surface area contributed by atoms with Crippen LogP contribution in [-0.4, -0.2) is 49.6 Å². The van der Waals surface area contributed by atoms with Gasteiger partial charge in [0.2, 0.25) is 5.91 Å². The van der Waals surface area contributed by atoms with Crippen LogP contribution in [0.4, 0.5) is 0 Å². The molecule has 0 aromatic heterocycles. The van der Waals surface area contributed by atoms with Gasteiger partial charge in [0.05, 0.1) is 6.04 Å². The van der Waals surface area contributed by atoms with Crippen molar-refractivity contribution in [3.8, 4) is 0 Å². The zero-order valence-corrected chi connectivity index (χ0v) is 12.3. The fourth-order valence-corrected chi connectivity index (χ4v) is 2.98. The van der Waals surface area contributed by atoms with Gasteiger partial charge in [-0.25, -0.2) is 0 Å². The quantitative estimate of drug-likeness (QED) is 0.800. The highest BCUT2D eigenvalue weighted by atomic mass is 35.5. The van der Waals surface area contributed by atoms with Crippen molar-refractivity contribution in [1.82, 2.24) is 15.5 Å². The van der Waals surface area contributed by atoms with E-state index < -0.39 is 0 Å². The normalized spacial score (nSPS) is 29.2. The zero-order valence-electron chi connectivity index (χ0n) is 11.4. The van der Waals surface area contributed by atoms with Crippen LogP contribution >= 0.6 is 12.4 Å². The van der Waals surface area contributed by atoms with E-state index in [9.17, 15) is 4.79 Å². The molecule has 2 N–H and O–H groups in total. The van der Waals surface area contributed by atoms with Crippen LogP contribution in [0.5, 0.6) is 0 Å². The highest BCUT2D eigenvalue weighted by molar-refractivity contribution is 5.85. The van der Waals surface area contributed by atoms with Gasteiger partial charge >= 0.3 is 0 Å². The lowest BCUT2D eigenvalue weighted by Gasteiger charge is -2.37. The maximum Gasteiger partial charge on any atom is 0.237 e. The summed E-state index contributed by atoms with van der Waals surface area (Å²) in [7, 11) is 0. The SMILES string of the molecule is CCCNC(=O)C(C)N1CCC2CNCC2C1.Cl. The van der Waals surface area contributed by atoms with Crippen molar-refractivity contribution in [2.75, 3.05) is 32.7 Å². The molecule has 1 amide bonds. The fourth-order valence-electron chi connectivity index (χ4n) is 2.98. The first-order valence-electron chi connectivity index (χ1n) is 6.94. The molecule has 4 nitrogen and oxygen atoms in total. The smallest absolute Gasteiger partial charge is 0.237 e. The highest BCUT2D eigenvalue weighted by Crippen LogP contribution is 2.27. The molecule has 0 spiro atoms. The van der Waals surface area contributed by atoms with E-state index in [1.54, 1.807) is 0 Å². The Kier molecular flexibility index (Phi) is 6.39. The minimum absolute atomic E-state index is 0. The summed E-state index contributed by atoms with van der Waals surface area (Å²) in [4.78, 5) is 14.3. The summed E-state index contributed by atoms with van der Waals surface area (Å²) < 4.78 is 0. The van der Waals surface area contributed by atoms with Gasteiger partial charge in [0.15, 0.2) is 0 Å². The third kappa shape index (κ3) is 3.59. The van der Waals surface area contributed by atoms with Crippen LogP contribution < -0.4 is 10.6 Å². The molecule has 0 aromatic carbocycles.